The van der Waals surface area contributed by atoms with E-state index in [0.29, 0.717) is 18.3 Å². The SMILES string of the molecule is CC(C)CCOCCN1CCC(CC(=O)O)C1. The minimum absolute atomic E-state index is 0.310. The quantitative estimate of drug-likeness (QED) is 0.661. The highest BCUT2D eigenvalue weighted by Gasteiger charge is 2.23. The Kier molecular flexibility index (Phi) is 6.52. The van der Waals surface area contributed by atoms with Crippen LogP contribution >= 0.6 is 0 Å². The summed E-state index contributed by atoms with van der Waals surface area (Å²) in [6, 6.07) is 0. The summed E-state index contributed by atoms with van der Waals surface area (Å²) in [7, 11) is 0. The molecule has 4 nitrogen and oxygen atoms in total. The van der Waals surface area contributed by atoms with Crippen LogP contribution in [0.2, 0.25) is 0 Å². The van der Waals surface area contributed by atoms with Crippen LogP contribution in [0.1, 0.15) is 33.1 Å². The van der Waals surface area contributed by atoms with Gasteiger partial charge in [0.05, 0.1) is 6.61 Å². The molecule has 0 spiro atoms. The lowest BCUT2D eigenvalue weighted by Crippen LogP contribution is -2.25. The van der Waals surface area contributed by atoms with E-state index in [0.717, 1.165) is 45.7 Å². The lowest BCUT2D eigenvalue weighted by molar-refractivity contribution is -0.138. The zero-order chi connectivity index (χ0) is 12.7. The molecule has 1 aliphatic rings. The van der Waals surface area contributed by atoms with Crippen molar-refractivity contribution < 1.29 is 14.6 Å². The molecule has 17 heavy (non-hydrogen) atoms. The fourth-order valence-electron chi connectivity index (χ4n) is 2.14. The van der Waals surface area contributed by atoms with Gasteiger partial charge in [-0.15, -0.1) is 0 Å². The van der Waals surface area contributed by atoms with E-state index in [1.807, 2.05) is 0 Å². The molecule has 0 saturated carbocycles. The third-order valence-electron chi connectivity index (χ3n) is 3.22. The molecule has 1 saturated heterocycles. The smallest absolute Gasteiger partial charge is 0.303 e. The number of ether oxygens (including phenoxy) is 1. The molecule has 1 heterocycles. The van der Waals surface area contributed by atoms with Gasteiger partial charge in [-0.25, -0.2) is 0 Å². The highest BCUT2D eigenvalue weighted by atomic mass is 16.5. The maximum atomic E-state index is 10.6. The fraction of sp³-hybridized carbons (Fsp3) is 0.923. The molecule has 1 rings (SSSR count). The minimum atomic E-state index is -0.676. The standard InChI is InChI=1S/C13H25NO3/c1-11(2)4-7-17-8-6-14-5-3-12(10-14)9-13(15)16/h11-12H,3-10H2,1-2H3,(H,15,16). The molecule has 0 amide bonds. The van der Waals surface area contributed by atoms with Crippen molar-refractivity contribution in [1.29, 1.82) is 0 Å². The zero-order valence-corrected chi connectivity index (χ0v) is 11.0. The van der Waals surface area contributed by atoms with Gasteiger partial charge < -0.3 is 14.7 Å². The van der Waals surface area contributed by atoms with Crippen molar-refractivity contribution in [2.45, 2.75) is 33.1 Å². The molecule has 0 radical (unpaired) electrons. The normalized spacial score (nSPS) is 21.2. The topological polar surface area (TPSA) is 49.8 Å². The number of likely N-dealkylation sites (tertiary alicyclic amines) is 1. The van der Waals surface area contributed by atoms with Crippen LogP contribution in [0.5, 0.6) is 0 Å². The number of carbonyl (C=O) groups is 1. The molecule has 1 unspecified atom stereocenters. The lowest BCUT2D eigenvalue weighted by Gasteiger charge is -2.15. The van der Waals surface area contributed by atoms with Crippen LogP contribution in [0.15, 0.2) is 0 Å². The second kappa shape index (κ2) is 7.67. The van der Waals surface area contributed by atoms with Crippen molar-refractivity contribution >= 4 is 5.97 Å². The summed E-state index contributed by atoms with van der Waals surface area (Å²) in [5.74, 6) is 0.356. The number of carboxylic acid groups (broad SMARTS) is 1. The Morgan fingerprint density at radius 3 is 2.88 bits per heavy atom. The van der Waals surface area contributed by atoms with E-state index in [9.17, 15) is 4.79 Å². The van der Waals surface area contributed by atoms with Gasteiger partial charge in [0, 0.05) is 26.1 Å². The van der Waals surface area contributed by atoms with Crippen LogP contribution in [0, 0.1) is 11.8 Å². The molecule has 1 N–H and O–H groups in total. The Bertz CT molecular complexity index is 231. The second-order valence-corrected chi connectivity index (χ2v) is 5.35. The highest BCUT2D eigenvalue weighted by molar-refractivity contribution is 5.67. The van der Waals surface area contributed by atoms with Gasteiger partial charge in [0.1, 0.15) is 0 Å². The van der Waals surface area contributed by atoms with Gasteiger partial charge in [0.2, 0.25) is 0 Å². The van der Waals surface area contributed by atoms with Crippen molar-refractivity contribution in [3.63, 3.8) is 0 Å². The van der Waals surface area contributed by atoms with Crippen LogP contribution in [-0.4, -0.2) is 48.8 Å². The van der Waals surface area contributed by atoms with E-state index < -0.39 is 5.97 Å². The average Bonchev–Trinajstić information content (AvgIpc) is 2.63. The summed E-state index contributed by atoms with van der Waals surface area (Å²) in [5.41, 5.74) is 0. The zero-order valence-electron chi connectivity index (χ0n) is 11.0. The van der Waals surface area contributed by atoms with Gasteiger partial charge in [-0.3, -0.25) is 4.79 Å². The van der Waals surface area contributed by atoms with E-state index >= 15 is 0 Å². The molecule has 1 fully saturated rings. The fourth-order valence-corrected chi connectivity index (χ4v) is 2.14. The van der Waals surface area contributed by atoms with Gasteiger partial charge >= 0.3 is 5.97 Å². The van der Waals surface area contributed by atoms with Crippen LogP contribution < -0.4 is 0 Å². The molecular formula is C13H25NO3. The molecule has 4 heteroatoms. The predicted octanol–water partition coefficient (Wildman–Crippen LogP) is 1.85. The van der Waals surface area contributed by atoms with Crippen LogP contribution in [0.4, 0.5) is 0 Å². The first kappa shape index (κ1) is 14.5. The number of aliphatic carboxylic acids is 1. The first-order valence-corrected chi connectivity index (χ1v) is 6.60. The monoisotopic (exact) mass is 243 g/mol. The maximum Gasteiger partial charge on any atom is 0.303 e. The number of nitrogens with zero attached hydrogens (tertiary/aromatic N) is 1. The second-order valence-electron chi connectivity index (χ2n) is 5.35. The number of hydrogen-bond donors (Lipinski definition) is 1. The summed E-state index contributed by atoms with van der Waals surface area (Å²) in [6.45, 7) is 8.87. The number of hydrogen-bond acceptors (Lipinski definition) is 3. The molecule has 0 aromatic rings. The van der Waals surface area contributed by atoms with Crippen LogP contribution in [-0.2, 0) is 9.53 Å². The molecule has 1 atom stereocenters. The van der Waals surface area contributed by atoms with E-state index in [4.69, 9.17) is 9.84 Å². The molecule has 0 aromatic carbocycles. The molecule has 1 aliphatic heterocycles. The van der Waals surface area contributed by atoms with Crippen molar-refractivity contribution in [1.82, 2.24) is 4.90 Å². The van der Waals surface area contributed by atoms with E-state index in [1.165, 1.54) is 0 Å². The summed E-state index contributed by atoms with van der Waals surface area (Å²) < 4.78 is 5.56. The van der Waals surface area contributed by atoms with E-state index in [-0.39, 0.29) is 0 Å². The first-order valence-electron chi connectivity index (χ1n) is 6.60. The van der Waals surface area contributed by atoms with Gasteiger partial charge in [-0.1, -0.05) is 13.8 Å². The number of rotatable bonds is 8. The predicted molar refractivity (Wildman–Crippen MR) is 67.1 cm³/mol. The van der Waals surface area contributed by atoms with Gasteiger partial charge in [0.15, 0.2) is 0 Å². The van der Waals surface area contributed by atoms with Crippen molar-refractivity contribution in [3.8, 4) is 0 Å². The first-order chi connectivity index (χ1) is 8.08. The summed E-state index contributed by atoms with van der Waals surface area (Å²) in [6.07, 6.45) is 2.44. The third-order valence-corrected chi connectivity index (χ3v) is 3.22. The molecule has 100 valence electrons. The Morgan fingerprint density at radius 1 is 1.47 bits per heavy atom. The van der Waals surface area contributed by atoms with Crippen LogP contribution in [0.3, 0.4) is 0 Å². The Labute approximate surface area is 104 Å². The molecule has 0 aromatic heterocycles. The Balaban J connectivity index is 2.00. The van der Waals surface area contributed by atoms with E-state index in [1.54, 1.807) is 0 Å². The number of carboxylic acids is 1. The van der Waals surface area contributed by atoms with Crippen molar-refractivity contribution in [3.05, 3.63) is 0 Å². The average molecular weight is 243 g/mol. The Hall–Kier alpha value is -0.610. The molecular weight excluding hydrogens is 218 g/mol. The largest absolute Gasteiger partial charge is 0.481 e. The van der Waals surface area contributed by atoms with Crippen LogP contribution in [0.25, 0.3) is 0 Å². The van der Waals surface area contributed by atoms with Gasteiger partial charge in [-0.2, -0.15) is 0 Å². The summed E-state index contributed by atoms with van der Waals surface area (Å²) >= 11 is 0. The lowest BCUT2D eigenvalue weighted by atomic mass is 10.1. The Morgan fingerprint density at radius 2 is 2.24 bits per heavy atom. The van der Waals surface area contributed by atoms with E-state index in [2.05, 4.69) is 18.7 Å². The van der Waals surface area contributed by atoms with Crippen molar-refractivity contribution in [2.24, 2.45) is 11.8 Å². The molecule has 0 aliphatic carbocycles. The third kappa shape index (κ3) is 6.64. The van der Waals surface area contributed by atoms with Gasteiger partial charge in [0.25, 0.3) is 0 Å². The highest BCUT2D eigenvalue weighted by Crippen LogP contribution is 2.18. The maximum absolute atomic E-state index is 10.6. The summed E-state index contributed by atoms with van der Waals surface area (Å²) in [5, 5.41) is 8.71. The summed E-state index contributed by atoms with van der Waals surface area (Å²) in [4.78, 5) is 12.9. The molecule has 0 bridgehead atoms. The van der Waals surface area contributed by atoms with Gasteiger partial charge in [-0.05, 0) is 31.2 Å². The van der Waals surface area contributed by atoms with Crippen molar-refractivity contribution in [2.75, 3.05) is 32.8 Å². The minimum Gasteiger partial charge on any atom is -0.481 e.